The second kappa shape index (κ2) is 8.83. The quantitative estimate of drug-likeness (QED) is 0.340. The molecule has 0 fully saturated rings. The fourth-order valence-electron chi connectivity index (χ4n) is 2.66. The van der Waals surface area contributed by atoms with Crippen molar-refractivity contribution in [1.82, 2.24) is 0 Å². The predicted octanol–water partition coefficient (Wildman–Crippen LogP) is 7.18. The maximum absolute atomic E-state index is 13.1. The minimum Gasteiger partial charge on any atom is -0.248 e. The molecule has 136 valence electrons. The van der Waals surface area contributed by atoms with Crippen molar-refractivity contribution in [3.63, 3.8) is 0 Å². The zero-order chi connectivity index (χ0) is 19.2. The molecular formula is C24H22FNS. The van der Waals surface area contributed by atoms with Crippen LogP contribution in [-0.2, 0) is 0 Å². The van der Waals surface area contributed by atoms with Gasteiger partial charge in [-0.25, -0.2) is 9.38 Å². The van der Waals surface area contributed by atoms with Crippen LogP contribution in [0.25, 0.3) is 0 Å². The smallest absolute Gasteiger partial charge is 0.123 e. The highest BCUT2D eigenvalue weighted by Crippen LogP contribution is 2.23. The van der Waals surface area contributed by atoms with E-state index in [9.17, 15) is 4.39 Å². The van der Waals surface area contributed by atoms with E-state index in [4.69, 9.17) is 4.99 Å². The normalized spacial score (nSPS) is 11.9. The molecule has 0 saturated heterocycles. The Kier molecular flexibility index (Phi) is 6.25. The third-order valence-corrected chi connectivity index (χ3v) is 5.22. The molecule has 0 spiro atoms. The van der Waals surface area contributed by atoms with E-state index in [0.29, 0.717) is 0 Å². The molecule has 0 aliphatic carbocycles. The molecule has 0 bridgehead atoms. The van der Waals surface area contributed by atoms with Gasteiger partial charge in [0.25, 0.3) is 0 Å². The lowest BCUT2D eigenvalue weighted by molar-refractivity contribution is 0.626. The molecule has 0 aliphatic rings. The lowest BCUT2D eigenvalue weighted by Gasteiger charge is -2.09. The summed E-state index contributed by atoms with van der Waals surface area (Å²) in [7, 11) is 0. The summed E-state index contributed by atoms with van der Waals surface area (Å²) < 4.78 is 13.1. The highest BCUT2D eigenvalue weighted by molar-refractivity contribution is 8.02. The Bertz CT molecular complexity index is 970. The summed E-state index contributed by atoms with van der Waals surface area (Å²) in [6, 6.07) is 21.0. The molecule has 0 atom stereocenters. The number of allylic oxidation sites excluding steroid dienone is 1. The molecule has 3 heteroatoms. The summed E-state index contributed by atoms with van der Waals surface area (Å²) in [6.45, 7) is 6.30. The van der Waals surface area contributed by atoms with Crippen LogP contribution in [0.1, 0.15) is 22.3 Å². The van der Waals surface area contributed by atoms with Crippen molar-refractivity contribution in [2.24, 2.45) is 4.99 Å². The van der Waals surface area contributed by atoms with E-state index in [1.54, 1.807) is 23.9 Å². The average molecular weight is 376 g/mol. The van der Waals surface area contributed by atoms with Crippen molar-refractivity contribution in [2.45, 2.75) is 25.7 Å². The first-order valence-corrected chi connectivity index (χ1v) is 9.71. The van der Waals surface area contributed by atoms with Gasteiger partial charge in [-0.1, -0.05) is 47.7 Å². The van der Waals surface area contributed by atoms with Gasteiger partial charge in [0.1, 0.15) is 5.82 Å². The first-order chi connectivity index (χ1) is 13.0. The Labute approximate surface area is 164 Å². The summed E-state index contributed by atoms with van der Waals surface area (Å²) in [5, 5.41) is 2.00. The van der Waals surface area contributed by atoms with Crippen LogP contribution in [0.3, 0.4) is 0 Å². The third kappa shape index (κ3) is 5.18. The maximum atomic E-state index is 13.1. The molecule has 0 N–H and O–H groups in total. The van der Waals surface area contributed by atoms with Crippen molar-refractivity contribution < 1.29 is 4.39 Å². The number of halogens is 1. The lowest BCUT2D eigenvalue weighted by Crippen LogP contribution is -2.01. The van der Waals surface area contributed by atoms with Gasteiger partial charge in [-0.3, -0.25) is 0 Å². The lowest BCUT2D eigenvalue weighted by atomic mass is 9.99. The number of aliphatic imine (C=N–C) groups is 1. The van der Waals surface area contributed by atoms with Crippen molar-refractivity contribution in [2.75, 3.05) is 0 Å². The van der Waals surface area contributed by atoms with Crippen LogP contribution in [0.2, 0.25) is 0 Å². The Morgan fingerprint density at radius 1 is 0.889 bits per heavy atom. The van der Waals surface area contributed by atoms with E-state index < -0.39 is 0 Å². The zero-order valence-corrected chi connectivity index (χ0v) is 16.6. The van der Waals surface area contributed by atoms with E-state index in [-0.39, 0.29) is 5.82 Å². The van der Waals surface area contributed by atoms with Gasteiger partial charge in [-0.15, -0.1) is 0 Å². The summed E-state index contributed by atoms with van der Waals surface area (Å²) in [5.74, 6) is -0.222. The number of thioether (sulfide) groups is 1. The minimum absolute atomic E-state index is 0.222. The van der Waals surface area contributed by atoms with Crippen molar-refractivity contribution in [1.29, 1.82) is 0 Å². The van der Waals surface area contributed by atoms with E-state index in [0.717, 1.165) is 21.9 Å². The molecule has 1 nitrogen and oxygen atoms in total. The Balaban J connectivity index is 1.94. The Hall–Kier alpha value is -2.65. The molecule has 3 rings (SSSR count). The molecule has 3 aromatic rings. The number of hydrogen-bond donors (Lipinski definition) is 0. The number of hydrogen-bond acceptors (Lipinski definition) is 2. The minimum atomic E-state index is -0.222. The van der Waals surface area contributed by atoms with Crippen molar-refractivity contribution in [3.05, 3.63) is 106 Å². The zero-order valence-electron chi connectivity index (χ0n) is 15.7. The van der Waals surface area contributed by atoms with Crippen LogP contribution in [0.15, 0.2) is 88.1 Å². The molecule has 0 amide bonds. The predicted molar refractivity (Wildman–Crippen MR) is 115 cm³/mol. The van der Waals surface area contributed by atoms with Gasteiger partial charge >= 0.3 is 0 Å². The number of aryl methyl sites for hydroxylation is 2. The van der Waals surface area contributed by atoms with Gasteiger partial charge in [0, 0.05) is 10.5 Å². The highest BCUT2D eigenvalue weighted by atomic mass is 32.2. The average Bonchev–Trinajstić information content (AvgIpc) is 2.66. The van der Waals surface area contributed by atoms with E-state index in [2.05, 4.69) is 51.1 Å². The van der Waals surface area contributed by atoms with Crippen molar-refractivity contribution in [3.8, 4) is 0 Å². The van der Waals surface area contributed by atoms with Gasteiger partial charge < -0.3 is 0 Å². The standard InChI is InChI=1S/C24H22FNS/c1-17-7-11-21(12-8-17)26-24(23-6-4-5-18(2)19(23)3)15-16-27-22-13-9-20(25)10-14-22/h4-16H,1-3H3/b16-15+,26-24-. The molecule has 0 aliphatic heterocycles. The van der Waals surface area contributed by atoms with Gasteiger partial charge in [0.15, 0.2) is 0 Å². The monoisotopic (exact) mass is 375 g/mol. The molecule has 0 unspecified atom stereocenters. The van der Waals surface area contributed by atoms with E-state index in [1.165, 1.54) is 28.8 Å². The topological polar surface area (TPSA) is 12.4 Å². The number of nitrogens with zero attached hydrogens (tertiary/aromatic N) is 1. The van der Waals surface area contributed by atoms with E-state index >= 15 is 0 Å². The van der Waals surface area contributed by atoms with Crippen LogP contribution < -0.4 is 0 Å². The Morgan fingerprint density at radius 3 is 2.30 bits per heavy atom. The molecule has 0 saturated carbocycles. The molecule has 3 aromatic carbocycles. The molecule has 0 aromatic heterocycles. The summed E-state index contributed by atoms with van der Waals surface area (Å²) in [5.41, 5.74) is 6.63. The van der Waals surface area contributed by atoms with Gasteiger partial charge in [0.2, 0.25) is 0 Å². The first-order valence-electron chi connectivity index (χ1n) is 8.83. The summed E-state index contributed by atoms with van der Waals surface area (Å²) in [6.07, 6.45) is 2.02. The fraction of sp³-hybridized carbons (Fsp3) is 0.125. The second-order valence-electron chi connectivity index (χ2n) is 6.45. The SMILES string of the molecule is Cc1ccc(/N=C(/C=C/Sc2ccc(F)cc2)c2cccc(C)c2C)cc1. The third-order valence-electron chi connectivity index (χ3n) is 4.41. The van der Waals surface area contributed by atoms with E-state index in [1.807, 2.05) is 23.6 Å². The van der Waals surface area contributed by atoms with Crippen LogP contribution in [0.5, 0.6) is 0 Å². The second-order valence-corrected chi connectivity index (χ2v) is 7.43. The van der Waals surface area contributed by atoms with Crippen LogP contribution in [0, 0.1) is 26.6 Å². The van der Waals surface area contributed by atoms with Crippen LogP contribution >= 0.6 is 11.8 Å². The fourth-order valence-corrected chi connectivity index (χ4v) is 3.31. The summed E-state index contributed by atoms with van der Waals surface area (Å²) in [4.78, 5) is 5.86. The van der Waals surface area contributed by atoms with Gasteiger partial charge in [0.05, 0.1) is 11.4 Å². The van der Waals surface area contributed by atoms with Crippen LogP contribution in [-0.4, -0.2) is 5.71 Å². The molecule has 0 heterocycles. The summed E-state index contributed by atoms with van der Waals surface area (Å²) >= 11 is 1.55. The highest BCUT2D eigenvalue weighted by Gasteiger charge is 2.06. The Morgan fingerprint density at radius 2 is 1.59 bits per heavy atom. The number of rotatable bonds is 5. The first kappa shape index (κ1) is 19.1. The molecular weight excluding hydrogens is 353 g/mol. The molecule has 0 radical (unpaired) electrons. The van der Waals surface area contributed by atoms with Gasteiger partial charge in [-0.2, -0.15) is 0 Å². The van der Waals surface area contributed by atoms with Crippen molar-refractivity contribution >= 4 is 23.2 Å². The number of benzene rings is 3. The maximum Gasteiger partial charge on any atom is 0.123 e. The van der Waals surface area contributed by atoms with Gasteiger partial charge in [-0.05, 0) is 79.8 Å². The largest absolute Gasteiger partial charge is 0.248 e. The van der Waals surface area contributed by atoms with Crippen LogP contribution in [0.4, 0.5) is 10.1 Å². The molecule has 27 heavy (non-hydrogen) atoms.